The molecular formula is C10H11N. The SMILES string of the molecule is CC#N.Cc1c2ccc-2c1C. The fourth-order valence-electron chi connectivity index (χ4n) is 1.25. The quantitative estimate of drug-likeness (QED) is 0.559. The Balaban J connectivity index is 0.000000179. The molecule has 1 heteroatoms. The van der Waals surface area contributed by atoms with Gasteiger partial charge in [0, 0.05) is 6.92 Å². The second kappa shape index (κ2) is 2.75. The van der Waals surface area contributed by atoms with Gasteiger partial charge < -0.3 is 0 Å². The normalized spacial score (nSPS) is 9.27. The van der Waals surface area contributed by atoms with Crippen LogP contribution < -0.4 is 0 Å². The van der Waals surface area contributed by atoms with E-state index in [4.69, 9.17) is 5.26 Å². The summed E-state index contributed by atoms with van der Waals surface area (Å²) in [5, 5.41) is 7.32. The molecule has 0 aliphatic heterocycles. The second-order valence-corrected chi connectivity index (χ2v) is 2.63. The highest BCUT2D eigenvalue weighted by molar-refractivity contribution is 5.85. The fourth-order valence-corrected chi connectivity index (χ4v) is 1.25. The van der Waals surface area contributed by atoms with Crippen LogP contribution in [0.1, 0.15) is 18.1 Å². The topological polar surface area (TPSA) is 23.8 Å². The molecule has 0 aromatic heterocycles. The number of hydrogen-bond acceptors (Lipinski definition) is 1. The molecule has 0 fully saturated rings. The van der Waals surface area contributed by atoms with Crippen molar-refractivity contribution >= 4 is 0 Å². The van der Waals surface area contributed by atoms with Crippen molar-refractivity contribution in [3.05, 3.63) is 23.3 Å². The molecule has 0 aromatic rings. The van der Waals surface area contributed by atoms with E-state index in [1.54, 1.807) is 6.07 Å². The molecular weight excluding hydrogens is 134 g/mol. The van der Waals surface area contributed by atoms with Gasteiger partial charge in [0.2, 0.25) is 0 Å². The Labute approximate surface area is 67.3 Å². The minimum atomic E-state index is 1.43. The van der Waals surface area contributed by atoms with E-state index < -0.39 is 0 Å². The van der Waals surface area contributed by atoms with Crippen molar-refractivity contribution in [2.24, 2.45) is 0 Å². The van der Waals surface area contributed by atoms with Gasteiger partial charge in [-0.15, -0.1) is 0 Å². The number of benzene rings is 1. The van der Waals surface area contributed by atoms with E-state index >= 15 is 0 Å². The summed E-state index contributed by atoms with van der Waals surface area (Å²) in [4.78, 5) is 0. The average molecular weight is 145 g/mol. The van der Waals surface area contributed by atoms with Gasteiger partial charge >= 0.3 is 0 Å². The summed E-state index contributed by atoms with van der Waals surface area (Å²) in [6, 6.07) is 6.11. The molecule has 0 heterocycles. The van der Waals surface area contributed by atoms with Crippen molar-refractivity contribution in [1.82, 2.24) is 0 Å². The van der Waals surface area contributed by atoms with Gasteiger partial charge in [-0.05, 0) is 36.1 Å². The molecule has 0 spiro atoms. The van der Waals surface area contributed by atoms with Gasteiger partial charge in [0.05, 0.1) is 6.07 Å². The lowest BCUT2D eigenvalue weighted by molar-refractivity contribution is 1.26. The highest BCUT2D eigenvalue weighted by Crippen LogP contribution is 2.40. The molecule has 2 aliphatic rings. The van der Waals surface area contributed by atoms with Crippen LogP contribution in [-0.2, 0) is 0 Å². The van der Waals surface area contributed by atoms with Gasteiger partial charge in [0.25, 0.3) is 0 Å². The van der Waals surface area contributed by atoms with Gasteiger partial charge in [-0.1, -0.05) is 12.1 Å². The van der Waals surface area contributed by atoms with Crippen LogP contribution >= 0.6 is 0 Å². The van der Waals surface area contributed by atoms with E-state index in [1.807, 2.05) is 0 Å². The number of rotatable bonds is 0. The van der Waals surface area contributed by atoms with Crippen LogP contribution in [-0.4, -0.2) is 0 Å². The number of fused-ring (bicyclic) bond motifs is 1. The second-order valence-electron chi connectivity index (χ2n) is 2.63. The van der Waals surface area contributed by atoms with Gasteiger partial charge in [-0.25, -0.2) is 0 Å². The molecule has 0 N–H and O–H groups in total. The van der Waals surface area contributed by atoms with Crippen molar-refractivity contribution in [3.8, 4) is 17.2 Å². The van der Waals surface area contributed by atoms with Gasteiger partial charge in [0.15, 0.2) is 0 Å². The molecule has 1 nitrogen and oxygen atoms in total. The Bertz CT molecular complexity index is 291. The third kappa shape index (κ3) is 1.01. The minimum absolute atomic E-state index is 1.43. The molecule has 2 rings (SSSR count). The summed E-state index contributed by atoms with van der Waals surface area (Å²) in [5.41, 5.74) is 5.95. The van der Waals surface area contributed by atoms with E-state index in [0.717, 1.165) is 0 Å². The predicted octanol–water partition coefficient (Wildman–Crippen LogP) is 2.81. The lowest BCUT2D eigenvalue weighted by Crippen LogP contribution is -2.01. The highest BCUT2D eigenvalue weighted by atomic mass is 14.2. The molecule has 0 amide bonds. The largest absolute Gasteiger partial charge is 0.199 e. The zero-order chi connectivity index (χ0) is 8.43. The zero-order valence-electron chi connectivity index (χ0n) is 7.10. The van der Waals surface area contributed by atoms with Crippen LogP contribution in [0.3, 0.4) is 0 Å². The molecule has 0 saturated heterocycles. The van der Waals surface area contributed by atoms with Gasteiger partial charge in [0.1, 0.15) is 0 Å². The highest BCUT2D eigenvalue weighted by Gasteiger charge is 2.17. The Hall–Kier alpha value is -1.29. The summed E-state index contributed by atoms with van der Waals surface area (Å²) in [5.74, 6) is 0. The van der Waals surface area contributed by atoms with Crippen molar-refractivity contribution in [1.29, 1.82) is 5.26 Å². The summed E-state index contributed by atoms with van der Waals surface area (Å²) < 4.78 is 0. The summed E-state index contributed by atoms with van der Waals surface area (Å²) in [7, 11) is 0. The van der Waals surface area contributed by atoms with Crippen molar-refractivity contribution < 1.29 is 0 Å². The molecule has 0 bridgehead atoms. The Morgan fingerprint density at radius 2 is 1.36 bits per heavy atom. The van der Waals surface area contributed by atoms with E-state index in [1.165, 1.54) is 29.2 Å². The van der Waals surface area contributed by atoms with E-state index in [-0.39, 0.29) is 0 Å². The lowest BCUT2D eigenvalue weighted by Gasteiger charge is -2.23. The Kier molecular flexibility index (Phi) is 1.96. The smallest absolute Gasteiger partial charge is 0.0587 e. The Morgan fingerprint density at radius 3 is 1.45 bits per heavy atom. The summed E-state index contributed by atoms with van der Waals surface area (Å²) in [6.45, 7) is 5.79. The first kappa shape index (κ1) is 7.81. The molecule has 0 unspecified atom stereocenters. The molecule has 11 heavy (non-hydrogen) atoms. The number of nitrogens with zero attached hydrogens (tertiary/aromatic N) is 1. The third-order valence-electron chi connectivity index (χ3n) is 2.08. The lowest BCUT2D eigenvalue weighted by atomic mass is 9.81. The van der Waals surface area contributed by atoms with Crippen LogP contribution in [0.4, 0.5) is 0 Å². The van der Waals surface area contributed by atoms with Gasteiger partial charge in [-0.3, -0.25) is 0 Å². The maximum Gasteiger partial charge on any atom is 0.0587 e. The van der Waals surface area contributed by atoms with Crippen LogP contribution in [0, 0.1) is 25.2 Å². The zero-order valence-corrected chi connectivity index (χ0v) is 7.10. The average Bonchev–Trinajstić information content (AvgIpc) is 1.87. The first-order chi connectivity index (χ1) is 5.22. The molecule has 0 radical (unpaired) electrons. The van der Waals surface area contributed by atoms with Crippen molar-refractivity contribution in [2.75, 3.05) is 0 Å². The first-order valence-corrected chi connectivity index (χ1v) is 3.63. The predicted molar refractivity (Wildman–Crippen MR) is 46.2 cm³/mol. The van der Waals surface area contributed by atoms with E-state index in [2.05, 4.69) is 26.0 Å². The van der Waals surface area contributed by atoms with E-state index in [9.17, 15) is 0 Å². The minimum Gasteiger partial charge on any atom is -0.199 e. The fraction of sp³-hybridized carbons (Fsp3) is 0.300. The summed E-state index contributed by atoms with van der Waals surface area (Å²) >= 11 is 0. The molecule has 0 atom stereocenters. The van der Waals surface area contributed by atoms with E-state index in [0.29, 0.717) is 0 Å². The number of hydrogen-bond donors (Lipinski definition) is 0. The monoisotopic (exact) mass is 145 g/mol. The molecule has 0 saturated carbocycles. The van der Waals surface area contributed by atoms with Crippen LogP contribution in [0.15, 0.2) is 12.1 Å². The molecule has 2 aliphatic carbocycles. The van der Waals surface area contributed by atoms with Crippen LogP contribution in [0.2, 0.25) is 0 Å². The van der Waals surface area contributed by atoms with Gasteiger partial charge in [-0.2, -0.15) is 5.26 Å². The third-order valence-corrected chi connectivity index (χ3v) is 2.08. The standard InChI is InChI=1S/C8H8.C2H3N/c1-5-6(2)8-4-3-7(5)8;1-2-3/h3-4H,1-2H3;1H3. The van der Waals surface area contributed by atoms with Crippen molar-refractivity contribution in [3.63, 3.8) is 0 Å². The Morgan fingerprint density at radius 1 is 1.09 bits per heavy atom. The van der Waals surface area contributed by atoms with Crippen molar-refractivity contribution in [2.45, 2.75) is 20.8 Å². The van der Waals surface area contributed by atoms with Crippen LogP contribution in [0.5, 0.6) is 0 Å². The van der Waals surface area contributed by atoms with Crippen LogP contribution in [0.25, 0.3) is 11.1 Å². The number of nitriles is 1. The maximum atomic E-state index is 7.32. The maximum absolute atomic E-state index is 7.32. The first-order valence-electron chi connectivity index (χ1n) is 3.63. The summed E-state index contributed by atoms with van der Waals surface area (Å²) in [6.07, 6.45) is 0. The molecule has 0 aromatic carbocycles. The molecule has 56 valence electrons.